The molecule has 0 spiro atoms. The summed E-state index contributed by atoms with van der Waals surface area (Å²) in [6.45, 7) is 6.25. The van der Waals surface area contributed by atoms with Gasteiger partial charge in [-0.3, -0.25) is 0 Å². The molecule has 0 unspecified atom stereocenters. The van der Waals surface area contributed by atoms with Gasteiger partial charge in [-0.15, -0.1) is 0 Å². The van der Waals surface area contributed by atoms with E-state index in [2.05, 4.69) is 20.8 Å². The molecule has 0 bridgehead atoms. The molecule has 0 saturated heterocycles. The minimum absolute atomic E-state index is 0. The van der Waals surface area contributed by atoms with E-state index >= 15 is 0 Å². The Morgan fingerprint density at radius 2 is 0.800 bits per heavy atom. The first-order valence-electron chi connectivity index (χ1n) is 4.75. The average Bonchev–Trinajstić information content (AvgIpc) is 2.35. The van der Waals surface area contributed by atoms with Crippen molar-refractivity contribution in [1.82, 2.24) is 0 Å². The number of aliphatic hydroxyl groups excluding tert-OH is 3. The smallest absolute Gasteiger partial charge is 0.187 e. The Kier molecular flexibility index (Phi) is 58.2. The molecule has 0 saturated carbocycles. The average molecular weight is 320 g/mol. The Hall–Kier alpha value is 0.940. The van der Waals surface area contributed by atoms with Crippen molar-refractivity contribution in [2.75, 3.05) is 21.3 Å². The van der Waals surface area contributed by atoms with Gasteiger partial charge in [0.25, 0.3) is 0 Å². The molecule has 0 amide bonds. The SMILES string of the molecule is CC[Si](O)(CC)CC.CO.CO.CO.[Zr]. The number of rotatable bonds is 3. The maximum absolute atomic E-state index is 9.58. The van der Waals surface area contributed by atoms with E-state index in [1.807, 2.05) is 0 Å². The van der Waals surface area contributed by atoms with Crippen molar-refractivity contribution in [2.24, 2.45) is 0 Å². The summed E-state index contributed by atoms with van der Waals surface area (Å²) in [4.78, 5) is 9.58. The third kappa shape index (κ3) is 25.3. The summed E-state index contributed by atoms with van der Waals surface area (Å²) >= 11 is 0. The Morgan fingerprint density at radius 1 is 0.667 bits per heavy atom. The summed E-state index contributed by atoms with van der Waals surface area (Å²) in [5, 5.41) is 21.0. The summed E-state index contributed by atoms with van der Waals surface area (Å²) in [5.74, 6) is 0. The second kappa shape index (κ2) is 29.4. The molecule has 6 heteroatoms. The molecule has 15 heavy (non-hydrogen) atoms. The topological polar surface area (TPSA) is 80.9 Å². The van der Waals surface area contributed by atoms with E-state index in [4.69, 9.17) is 15.3 Å². The molecule has 0 aliphatic carbocycles. The normalized spacial score (nSPS) is 7.60. The molecule has 0 aromatic heterocycles. The van der Waals surface area contributed by atoms with E-state index < -0.39 is 8.32 Å². The van der Waals surface area contributed by atoms with Crippen molar-refractivity contribution in [3.05, 3.63) is 0 Å². The van der Waals surface area contributed by atoms with Crippen LogP contribution >= 0.6 is 0 Å². The monoisotopic (exact) mass is 318 g/mol. The van der Waals surface area contributed by atoms with Crippen LogP contribution in [0.2, 0.25) is 18.1 Å². The van der Waals surface area contributed by atoms with Gasteiger partial charge in [-0.2, -0.15) is 0 Å². The largest absolute Gasteiger partial charge is 0.432 e. The Bertz CT molecular complexity index is 64.9. The zero-order valence-corrected chi connectivity index (χ0v) is 14.4. The first-order valence-corrected chi connectivity index (χ1v) is 7.32. The van der Waals surface area contributed by atoms with E-state index in [9.17, 15) is 4.80 Å². The van der Waals surface area contributed by atoms with Crippen molar-refractivity contribution >= 4 is 8.32 Å². The van der Waals surface area contributed by atoms with Crippen molar-refractivity contribution in [3.8, 4) is 0 Å². The van der Waals surface area contributed by atoms with Gasteiger partial charge in [-0.25, -0.2) is 0 Å². The van der Waals surface area contributed by atoms with Crippen LogP contribution in [0, 0.1) is 0 Å². The van der Waals surface area contributed by atoms with E-state index in [0.29, 0.717) is 0 Å². The summed E-state index contributed by atoms with van der Waals surface area (Å²) in [6, 6.07) is 3.04. The second-order valence-corrected chi connectivity index (χ2v) is 6.86. The first-order chi connectivity index (χ1) is 6.68. The Balaban J connectivity index is -0.0000000410. The van der Waals surface area contributed by atoms with E-state index in [1.165, 1.54) is 0 Å². The minimum atomic E-state index is -1.67. The van der Waals surface area contributed by atoms with Crippen LogP contribution in [0.15, 0.2) is 0 Å². The minimum Gasteiger partial charge on any atom is -0.432 e. The molecule has 0 atom stereocenters. The van der Waals surface area contributed by atoms with E-state index in [1.54, 1.807) is 0 Å². The fourth-order valence-electron chi connectivity index (χ4n) is 0.750. The fourth-order valence-corrected chi connectivity index (χ4v) is 2.25. The van der Waals surface area contributed by atoms with Gasteiger partial charge < -0.3 is 20.1 Å². The van der Waals surface area contributed by atoms with E-state index in [-0.39, 0.29) is 26.2 Å². The second-order valence-electron chi connectivity index (χ2n) is 2.29. The molecular formula is C9H28O4SiZr. The molecule has 0 fully saturated rings. The maximum Gasteiger partial charge on any atom is 0.187 e. The summed E-state index contributed by atoms with van der Waals surface area (Å²) in [5.41, 5.74) is 0. The summed E-state index contributed by atoms with van der Waals surface area (Å²) < 4.78 is 0. The molecule has 4 nitrogen and oxygen atoms in total. The van der Waals surface area contributed by atoms with Gasteiger partial charge in [-0.05, 0) is 18.1 Å². The molecule has 0 radical (unpaired) electrons. The fraction of sp³-hybridized carbons (Fsp3) is 1.00. The van der Waals surface area contributed by atoms with Crippen LogP contribution in [-0.2, 0) is 26.2 Å². The van der Waals surface area contributed by atoms with Gasteiger partial charge >= 0.3 is 0 Å². The standard InChI is InChI=1S/C6H16OSi.3CH4O.Zr/c1-4-8(7,5-2)6-3;3*1-2;/h7H,4-6H2,1-3H3;3*2H,1H3;. The van der Waals surface area contributed by atoms with Crippen LogP contribution in [0.4, 0.5) is 0 Å². The van der Waals surface area contributed by atoms with Gasteiger partial charge in [0.05, 0.1) is 0 Å². The van der Waals surface area contributed by atoms with Crippen molar-refractivity contribution in [2.45, 2.75) is 38.9 Å². The molecule has 0 aliphatic heterocycles. The van der Waals surface area contributed by atoms with Crippen molar-refractivity contribution in [3.63, 3.8) is 0 Å². The van der Waals surface area contributed by atoms with E-state index in [0.717, 1.165) is 39.5 Å². The van der Waals surface area contributed by atoms with Gasteiger partial charge in [0.15, 0.2) is 8.32 Å². The Morgan fingerprint density at radius 3 is 0.800 bits per heavy atom. The van der Waals surface area contributed by atoms with Crippen LogP contribution in [0.25, 0.3) is 0 Å². The predicted molar refractivity (Wildman–Crippen MR) is 63.8 cm³/mol. The van der Waals surface area contributed by atoms with Gasteiger partial charge in [0.1, 0.15) is 0 Å². The molecule has 0 aromatic rings. The number of hydrogen-bond acceptors (Lipinski definition) is 4. The van der Waals surface area contributed by atoms with Gasteiger partial charge in [-0.1, -0.05) is 20.8 Å². The van der Waals surface area contributed by atoms with Crippen LogP contribution in [0.3, 0.4) is 0 Å². The molecule has 0 aromatic carbocycles. The summed E-state index contributed by atoms with van der Waals surface area (Å²) in [6.07, 6.45) is 0. The quantitative estimate of drug-likeness (QED) is 0.580. The predicted octanol–water partition coefficient (Wildman–Crippen LogP) is 0.807. The third-order valence-electron chi connectivity index (χ3n) is 1.97. The molecular weight excluding hydrogens is 291 g/mol. The summed E-state index contributed by atoms with van der Waals surface area (Å²) in [7, 11) is 1.33. The van der Waals surface area contributed by atoms with Crippen LogP contribution in [0.1, 0.15) is 20.8 Å². The van der Waals surface area contributed by atoms with Crippen LogP contribution in [0.5, 0.6) is 0 Å². The maximum atomic E-state index is 9.58. The number of hydrogen-bond donors (Lipinski definition) is 4. The zero-order valence-electron chi connectivity index (χ0n) is 10.9. The Labute approximate surface area is 115 Å². The molecule has 0 aliphatic rings. The molecule has 4 N–H and O–H groups in total. The molecule has 96 valence electrons. The van der Waals surface area contributed by atoms with Crippen LogP contribution < -0.4 is 0 Å². The zero-order chi connectivity index (χ0) is 12.6. The third-order valence-corrected chi connectivity index (χ3v) is 5.92. The first kappa shape index (κ1) is 29.7. The molecule has 0 rings (SSSR count). The van der Waals surface area contributed by atoms with Crippen LogP contribution in [-0.4, -0.2) is 49.8 Å². The molecule has 0 heterocycles. The van der Waals surface area contributed by atoms with Gasteiger partial charge in [0.2, 0.25) is 0 Å². The number of aliphatic hydroxyl groups is 3. The van der Waals surface area contributed by atoms with Gasteiger partial charge in [0, 0.05) is 47.5 Å². The van der Waals surface area contributed by atoms with Crippen molar-refractivity contribution in [1.29, 1.82) is 0 Å². The van der Waals surface area contributed by atoms with Crippen molar-refractivity contribution < 1.29 is 46.3 Å².